The summed E-state index contributed by atoms with van der Waals surface area (Å²) < 4.78 is 5.80. The molecule has 152 valence electrons. The SMILES string of the molecule is C[C@@H]1CS[C@@H](COc2ncccc2C#N)CN1C(=O)c1ccccc1-n1nccn1. The van der Waals surface area contributed by atoms with Crippen LogP contribution < -0.4 is 4.74 Å². The minimum atomic E-state index is -0.0590. The molecule has 4 rings (SSSR count). The first kappa shape index (κ1) is 19.9. The number of carbonyl (C=O) groups is 1. The lowest BCUT2D eigenvalue weighted by Crippen LogP contribution is -2.49. The molecular formula is C21H20N6O2S. The summed E-state index contributed by atoms with van der Waals surface area (Å²) in [6.45, 7) is 2.96. The van der Waals surface area contributed by atoms with Gasteiger partial charge in [-0.15, -0.1) is 0 Å². The zero-order valence-corrected chi connectivity index (χ0v) is 17.2. The number of aromatic nitrogens is 4. The number of ether oxygens (including phenoxy) is 1. The van der Waals surface area contributed by atoms with Crippen molar-refractivity contribution in [3.63, 3.8) is 0 Å². The molecule has 1 aliphatic heterocycles. The Hall–Kier alpha value is -3.38. The number of para-hydroxylation sites is 1. The van der Waals surface area contributed by atoms with Gasteiger partial charge in [-0.1, -0.05) is 12.1 Å². The van der Waals surface area contributed by atoms with Gasteiger partial charge in [0.05, 0.1) is 28.9 Å². The zero-order valence-electron chi connectivity index (χ0n) is 16.4. The van der Waals surface area contributed by atoms with E-state index < -0.39 is 0 Å². The third-order valence-electron chi connectivity index (χ3n) is 4.83. The summed E-state index contributed by atoms with van der Waals surface area (Å²) in [7, 11) is 0. The molecule has 0 unspecified atom stereocenters. The monoisotopic (exact) mass is 420 g/mol. The highest BCUT2D eigenvalue weighted by atomic mass is 32.2. The van der Waals surface area contributed by atoms with Gasteiger partial charge in [-0.3, -0.25) is 4.79 Å². The van der Waals surface area contributed by atoms with Crippen molar-refractivity contribution in [1.82, 2.24) is 24.9 Å². The normalized spacial score (nSPS) is 18.6. The van der Waals surface area contributed by atoms with Crippen LogP contribution in [-0.2, 0) is 0 Å². The van der Waals surface area contributed by atoms with Crippen molar-refractivity contribution < 1.29 is 9.53 Å². The van der Waals surface area contributed by atoms with Gasteiger partial charge >= 0.3 is 0 Å². The van der Waals surface area contributed by atoms with Crippen LogP contribution in [0.3, 0.4) is 0 Å². The number of pyridine rings is 1. The third kappa shape index (κ3) is 4.14. The van der Waals surface area contributed by atoms with E-state index in [0.717, 1.165) is 5.75 Å². The molecule has 0 saturated carbocycles. The molecule has 0 bridgehead atoms. The Labute approximate surface area is 178 Å². The molecule has 3 heterocycles. The summed E-state index contributed by atoms with van der Waals surface area (Å²) in [4.78, 5) is 20.9. The third-order valence-corrected chi connectivity index (χ3v) is 6.26. The highest BCUT2D eigenvalue weighted by Gasteiger charge is 2.32. The van der Waals surface area contributed by atoms with E-state index in [1.165, 1.54) is 4.80 Å². The van der Waals surface area contributed by atoms with E-state index >= 15 is 0 Å². The molecule has 1 amide bonds. The molecule has 0 spiro atoms. The van der Waals surface area contributed by atoms with E-state index in [9.17, 15) is 10.1 Å². The number of carbonyl (C=O) groups excluding carboxylic acids is 1. The molecule has 3 aromatic rings. The van der Waals surface area contributed by atoms with Gasteiger partial charge in [-0.25, -0.2) is 4.98 Å². The first-order valence-corrected chi connectivity index (χ1v) is 10.6. The summed E-state index contributed by atoms with van der Waals surface area (Å²) >= 11 is 1.76. The maximum absolute atomic E-state index is 13.4. The quantitative estimate of drug-likeness (QED) is 0.626. The maximum atomic E-state index is 13.4. The van der Waals surface area contributed by atoms with E-state index in [1.807, 2.05) is 30.0 Å². The Morgan fingerprint density at radius 3 is 2.83 bits per heavy atom. The fourth-order valence-electron chi connectivity index (χ4n) is 3.29. The molecule has 1 fully saturated rings. The van der Waals surface area contributed by atoms with Crippen LogP contribution in [0.15, 0.2) is 55.0 Å². The van der Waals surface area contributed by atoms with Crippen LogP contribution in [0.5, 0.6) is 5.88 Å². The van der Waals surface area contributed by atoms with Gasteiger partial charge in [0.2, 0.25) is 5.88 Å². The number of nitriles is 1. The van der Waals surface area contributed by atoms with Gasteiger partial charge in [-0.2, -0.15) is 32.0 Å². The average molecular weight is 420 g/mol. The van der Waals surface area contributed by atoms with Crippen LogP contribution in [0.4, 0.5) is 0 Å². The van der Waals surface area contributed by atoms with Crippen molar-refractivity contribution in [2.75, 3.05) is 18.9 Å². The first-order chi connectivity index (χ1) is 14.7. The molecule has 0 aliphatic carbocycles. The summed E-state index contributed by atoms with van der Waals surface area (Å²) in [5.41, 5.74) is 1.61. The van der Waals surface area contributed by atoms with Crippen molar-refractivity contribution >= 4 is 17.7 Å². The molecule has 1 aliphatic rings. The Bertz CT molecular complexity index is 1070. The van der Waals surface area contributed by atoms with Crippen molar-refractivity contribution in [2.45, 2.75) is 18.2 Å². The molecule has 0 N–H and O–H groups in total. The molecule has 8 nitrogen and oxygen atoms in total. The van der Waals surface area contributed by atoms with Gasteiger partial charge in [0.25, 0.3) is 5.91 Å². The van der Waals surface area contributed by atoms with E-state index in [-0.39, 0.29) is 17.2 Å². The lowest BCUT2D eigenvalue weighted by Gasteiger charge is -2.37. The Morgan fingerprint density at radius 2 is 2.03 bits per heavy atom. The predicted molar refractivity (Wildman–Crippen MR) is 113 cm³/mol. The number of hydrogen-bond acceptors (Lipinski definition) is 7. The van der Waals surface area contributed by atoms with Crippen molar-refractivity contribution in [3.8, 4) is 17.6 Å². The Kier molecular flexibility index (Phi) is 5.95. The molecule has 1 aromatic carbocycles. The van der Waals surface area contributed by atoms with E-state index in [4.69, 9.17) is 4.74 Å². The van der Waals surface area contributed by atoms with E-state index in [0.29, 0.717) is 35.8 Å². The highest BCUT2D eigenvalue weighted by molar-refractivity contribution is 8.00. The molecule has 2 atom stereocenters. The van der Waals surface area contributed by atoms with Crippen LogP contribution in [0, 0.1) is 11.3 Å². The van der Waals surface area contributed by atoms with Crippen LogP contribution in [-0.4, -0.2) is 61.0 Å². The first-order valence-electron chi connectivity index (χ1n) is 9.53. The lowest BCUT2D eigenvalue weighted by atomic mass is 10.1. The molecule has 9 heteroatoms. The van der Waals surface area contributed by atoms with Crippen molar-refractivity contribution in [3.05, 3.63) is 66.1 Å². The topological polar surface area (TPSA) is 96.9 Å². The number of thioether (sulfide) groups is 1. The minimum Gasteiger partial charge on any atom is -0.475 e. The van der Waals surface area contributed by atoms with Crippen LogP contribution in [0.25, 0.3) is 5.69 Å². The second kappa shape index (κ2) is 8.97. The second-order valence-corrected chi connectivity index (χ2v) is 8.21. The van der Waals surface area contributed by atoms with Gasteiger partial charge in [0.1, 0.15) is 18.2 Å². The molecule has 30 heavy (non-hydrogen) atoms. The lowest BCUT2D eigenvalue weighted by molar-refractivity contribution is 0.0692. The smallest absolute Gasteiger partial charge is 0.256 e. The number of benzene rings is 1. The van der Waals surface area contributed by atoms with E-state index in [2.05, 4.69) is 21.3 Å². The number of amides is 1. The number of rotatable bonds is 5. The number of nitrogens with zero attached hydrogens (tertiary/aromatic N) is 6. The molecule has 0 radical (unpaired) electrons. The van der Waals surface area contributed by atoms with Gasteiger partial charge in [-0.05, 0) is 31.2 Å². The Morgan fingerprint density at radius 1 is 1.23 bits per heavy atom. The predicted octanol–water partition coefficient (Wildman–Crippen LogP) is 2.56. The minimum absolute atomic E-state index is 0.0590. The summed E-state index contributed by atoms with van der Waals surface area (Å²) in [6.07, 6.45) is 4.77. The largest absolute Gasteiger partial charge is 0.475 e. The van der Waals surface area contributed by atoms with Crippen LogP contribution in [0.1, 0.15) is 22.8 Å². The van der Waals surface area contributed by atoms with Gasteiger partial charge in [0, 0.05) is 24.5 Å². The Balaban J connectivity index is 1.49. The second-order valence-electron chi connectivity index (χ2n) is 6.88. The van der Waals surface area contributed by atoms with Crippen LogP contribution >= 0.6 is 11.8 Å². The van der Waals surface area contributed by atoms with Crippen LogP contribution in [0.2, 0.25) is 0 Å². The summed E-state index contributed by atoms with van der Waals surface area (Å²) in [5.74, 6) is 1.07. The maximum Gasteiger partial charge on any atom is 0.256 e. The van der Waals surface area contributed by atoms with Gasteiger partial charge < -0.3 is 9.64 Å². The summed E-state index contributed by atoms with van der Waals surface area (Å²) in [5, 5.41) is 17.6. The molecular weight excluding hydrogens is 400 g/mol. The fourth-order valence-corrected chi connectivity index (χ4v) is 4.45. The average Bonchev–Trinajstić information content (AvgIpc) is 3.33. The van der Waals surface area contributed by atoms with Crippen molar-refractivity contribution in [2.24, 2.45) is 0 Å². The van der Waals surface area contributed by atoms with Crippen molar-refractivity contribution in [1.29, 1.82) is 5.26 Å². The van der Waals surface area contributed by atoms with E-state index in [1.54, 1.807) is 48.6 Å². The molecule has 1 saturated heterocycles. The van der Waals surface area contributed by atoms with Gasteiger partial charge in [0.15, 0.2) is 0 Å². The molecule has 2 aromatic heterocycles. The summed E-state index contributed by atoms with van der Waals surface area (Å²) in [6, 6.07) is 12.9. The highest BCUT2D eigenvalue weighted by Crippen LogP contribution is 2.27. The zero-order chi connectivity index (χ0) is 20.9. The number of hydrogen-bond donors (Lipinski definition) is 0. The standard InChI is InChI=1S/C21H20N6O2S/c1-15-14-30-17(13-29-20-16(11-22)5-4-8-23-20)12-26(15)21(28)18-6-2-3-7-19(18)27-24-9-10-25-27/h2-10,15,17H,12-14H2,1H3/t15-,17-/m1/s1. The fraction of sp³-hybridized carbons (Fsp3) is 0.286.